The van der Waals surface area contributed by atoms with Crippen molar-refractivity contribution in [2.45, 2.75) is 18.8 Å². The molecule has 1 unspecified atom stereocenters. The van der Waals surface area contributed by atoms with Crippen molar-refractivity contribution < 1.29 is 13.2 Å². The van der Waals surface area contributed by atoms with E-state index in [4.69, 9.17) is 0 Å². The largest absolute Gasteiger partial charge is 0.416 e. The lowest BCUT2D eigenvalue weighted by molar-refractivity contribution is -0.137. The maximum Gasteiger partial charge on any atom is 0.416 e. The fourth-order valence-corrected chi connectivity index (χ4v) is 2.51. The Balaban J connectivity index is 1.92. The van der Waals surface area contributed by atoms with Gasteiger partial charge in [-0.25, -0.2) is 9.97 Å². The molecule has 0 saturated heterocycles. The molecule has 128 valence electrons. The number of aromatic nitrogens is 3. The van der Waals surface area contributed by atoms with Crippen molar-refractivity contribution in [1.82, 2.24) is 20.3 Å². The van der Waals surface area contributed by atoms with E-state index in [1.54, 1.807) is 36.9 Å². The van der Waals surface area contributed by atoms with Crippen molar-refractivity contribution in [2.75, 3.05) is 0 Å². The minimum atomic E-state index is -4.39. The van der Waals surface area contributed by atoms with Crippen LogP contribution in [0, 0.1) is 0 Å². The Morgan fingerprint density at radius 1 is 0.920 bits per heavy atom. The summed E-state index contributed by atoms with van der Waals surface area (Å²) in [5.41, 5.74) is 1.45. The van der Waals surface area contributed by atoms with Crippen LogP contribution in [0.1, 0.15) is 28.3 Å². The highest BCUT2D eigenvalue weighted by molar-refractivity contribution is 5.34. The number of nitrogens with one attached hydrogen (secondary N) is 1. The number of alkyl halides is 3. The van der Waals surface area contributed by atoms with Crippen LogP contribution in [0.5, 0.6) is 0 Å². The van der Waals surface area contributed by atoms with Crippen LogP contribution in [-0.4, -0.2) is 15.0 Å². The average molecular weight is 344 g/mol. The fourth-order valence-electron chi connectivity index (χ4n) is 2.51. The topological polar surface area (TPSA) is 50.7 Å². The van der Waals surface area contributed by atoms with Gasteiger partial charge in [0.15, 0.2) is 0 Å². The van der Waals surface area contributed by atoms with Crippen molar-refractivity contribution in [3.8, 4) is 0 Å². The molecule has 3 aromatic rings. The maximum absolute atomic E-state index is 13.0. The summed E-state index contributed by atoms with van der Waals surface area (Å²) in [7, 11) is 0. The number of hydrogen-bond acceptors (Lipinski definition) is 4. The van der Waals surface area contributed by atoms with Crippen molar-refractivity contribution in [3.63, 3.8) is 0 Å². The van der Waals surface area contributed by atoms with Crippen molar-refractivity contribution in [3.05, 3.63) is 89.8 Å². The van der Waals surface area contributed by atoms with Crippen LogP contribution < -0.4 is 5.32 Å². The Kier molecular flexibility index (Phi) is 5.04. The summed E-state index contributed by atoms with van der Waals surface area (Å²) in [6, 6.07) is 8.45. The summed E-state index contributed by atoms with van der Waals surface area (Å²) in [6.07, 6.45) is 3.62. The van der Waals surface area contributed by atoms with E-state index in [1.807, 2.05) is 6.07 Å². The zero-order chi connectivity index (χ0) is 17.7. The van der Waals surface area contributed by atoms with Gasteiger partial charge < -0.3 is 5.32 Å². The molecule has 1 N–H and O–H groups in total. The number of rotatable bonds is 5. The summed E-state index contributed by atoms with van der Waals surface area (Å²) in [5.74, 6) is 0. The van der Waals surface area contributed by atoms with E-state index in [2.05, 4.69) is 20.3 Å². The lowest BCUT2D eigenvalue weighted by Crippen LogP contribution is -2.23. The van der Waals surface area contributed by atoms with Gasteiger partial charge in [-0.1, -0.05) is 18.2 Å². The highest BCUT2D eigenvalue weighted by atomic mass is 19.4. The van der Waals surface area contributed by atoms with Crippen LogP contribution in [0.15, 0.2) is 67.5 Å². The molecular weight excluding hydrogens is 329 g/mol. The lowest BCUT2D eigenvalue weighted by Gasteiger charge is -2.20. The number of halogens is 3. The molecular formula is C18H15F3N4. The van der Waals surface area contributed by atoms with Gasteiger partial charge in [0.2, 0.25) is 0 Å². The van der Waals surface area contributed by atoms with E-state index in [1.165, 1.54) is 12.4 Å². The van der Waals surface area contributed by atoms with E-state index in [0.717, 1.165) is 23.3 Å². The van der Waals surface area contributed by atoms with Crippen LogP contribution in [0.4, 0.5) is 13.2 Å². The second-order valence-electron chi connectivity index (χ2n) is 5.47. The first kappa shape index (κ1) is 17.0. The molecule has 2 aromatic heterocycles. The third-order valence-electron chi connectivity index (χ3n) is 3.69. The summed E-state index contributed by atoms with van der Waals surface area (Å²) < 4.78 is 39.1. The molecule has 0 fully saturated rings. The minimum absolute atomic E-state index is 0.413. The van der Waals surface area contributed by atoms with Crippen molar-refractivity contribution in [1.29, 1.82) is 0 Å². The van der Waals surface area contributed by atoms with Crippen molar-refractivity contribution in [2.24, 2.45) is 0 Å². The smallest absolute Gasteiger partial charge is 0.302 e. The van der Waals surface area contributed by atoms with Crippen molar-refractivity contribution >= 4 is 0 Å². The molecule has 3 rings (SSSR count). The molecule has 0 radical (unpaired) electrons. The molecule has 2 heterocycles. The van der Waals surface area contributed by atoms with Gasteiger partial charge in [-0.05, 0) is 29.3 Å². The monoisotopic (exact) mass is 344 g/mol. The van der Waals surface area contributed by atoms with E-state index in [-0.39, 0.29) is 0 Å². The van der Waals surface area contributed by atoms with Gasteiger partial charge in [0, 0.05) is 36.9 Å². The second kappa shape index (κ2) is 7.40. The molecule has 1 aromatic carbocycles. The van der Waals surface area contributed by atoms with Crippen LogP contribution in [0.2, 0.25) is 0 Å². The molecule has 25 heavy (non-hydrogen) atoms. The molecule has 0 amide bonds. The summed E-state index contributed by atoms with van der Waals surface area (Å²) >= 11 is 0. The van der Waals surface area contributed by atoms with Gasteiger partial charge in [-0.3, -0.25) is 4.98 Å². The minimum Gasteiger partial charge on any atom is -0.302 e. The molecule has 0 saturated carbocycles. The summed E-state index contributed by atoms with van der Waals surface area (Å²) in [5, 5.41) is 3.26. The molecule has 7 heteroatoms. The maximum atomic E-state index is 13.0. The predicted octanol–water partition coefficient (Wildman–Crippen LogP) is 3.77. The lowest BCUT2D eigenvalue weighted by atomic mass is 9.98. The molecule has 1 atom stereocenters. The van der Waals surface area contributed by atoms with E-state index in [0.29, 0.717) is 12.1 Å². The Bertz CT molecular complexity index is 807. The SMILES string of the molecule is FC(F)(F)c1cccc(C(NCc2cncnc2)c2cccnc2)c1. The van der Waals surface area contributed by atoms with Gasteiger partial charge >= 0.3 is 6.18 Å². The molecule has 4 nitrogen and oxygen atoms in total. The summed E-state index contributed by atoms with van der Waals surface area (Å²) in [6.45, 7) is 0.413. The Morgan fingerprint density at radius 2 is 1.68 bits per heavy atom. The zero-order valence-corrected chi connectivity index (χ0v) is 13.1. The first-order valence-corrected chi connectivity index (χ1v) is 7.58. The van der Waals surface area contributed by atoms with Gasteiger partial charge in [-0.2, -0.15) is 13.2 Å². The van der Waals surface area contributed by atoms with Gasteiger partial charge in [0.05, 0.1) is 11.6 Å². The molecule has 0 aliphatic carbocycles. The van der Waals surface area contributed by atoms with Crippen LogP contribution >= 0.6 is 0 Å². The number of nitrogens with zero attached hydrogens (tertiary/aromatic N) is 3. The predicted molar refractivity (Wildman–Crippen MR) is 86.4 cm³/mol. The van der Waals surface area contributed by atoms with Gasteiger partial charge in [0.1, 0.15) is 6.33 Å². The fraction of sp³-hybridized carbons (Fsp3) is 0.167. The van der Waals surface area contributed by atoms with Crippen LogP contribution in [-0.2, 0) is 12.7 Å². The Labute approximate surface area is 142 Å². The van der Waals surface area contributed by atoms with Crippen LogP contribution in [0.25, 0.3) is 0 Å². The highest BCUT2D eigenvalue weighted by Gasteiger charge is 2.31. The zero-order valence-electron chi connectivity index (χ0n) is 13.1. The van der Waals surface area contributed by atoms with E-state index < -0.39 is 17.8 Å². The third-order valence-corrected chi connectivity index (χ3v) is 3.69. The quantitative estimate of drug-likeness (QED) is 0.765. The van der Waals surface area contributed by atoms with Crippen LogP contribution in [0.3, 0.4) is 0 Å². The normalized spacial score (nSPS) is 12.8. The Morgan fingerprint density at radius 3 is 2.36 bits per heavy atom. The average Bonchev–Trinajstić information content (AvgIpc) is 2.63. The van der Waals surface area contributed by atoms with E-state index >= 15 is 0 Å². The highest BCUT2D eigenvalue weighted by Crippen LogP contribution is 2.32. The summed E-state index contributed by atoms with van der Waals surface area (Å²) in [4.78, 5) is 12.0. The molecule has 0 spiro atoms. The molecule has 0 aliphatic rings. The van der Waals surface area contributed by atoms with Gasteiger partial charge in [0.25, 0.3) is 0 Å². The number of hydrogen-bond donors (Lipinski definition) is 1. The standard InChI is InChI=1S/C18H15F3N4/c19-18(20,21)16-5-1-3-14(7-16)17(15-4-2-6-22-11-15)25-10-13-8-23-12-24-9-13/h1-9,11-12,17,25H,10H2. The van der Waals surface area contributed by atoms with Gasteiger partial charge in [-0.15, -0.1) is 0 Å². The molecule has 0 aliphatic heterocycles. The Hall–Kier alpha value is -2.80. The number of pyridine rings is 1. The van der Waals surface area contributed by atoms with E-state index in [9.17, 15) is 13.2 Å². The second-order valence-corrected chi connectivity index (χ2v) is 5.47. The first-order valence-electron chi connectivity index (χ1n) is 7.58. The first-order chi connectivity index (χ1) is 12.0. The third kappa shape index (κ3) is 4.39. The number of benzene rings is 1. The molecule has 0 bridgehead atoms.